The SMILES string of the molecule is C[Si](C)(C)CCOCn1ncc2c(N)ncc(NC(=O)C(=O)N(Cc3ccccc3)Cc3ncccn3)c21.NC(=O)C(=O)N(Cc1ccccc1)Cc1ncccn1. The molecule has 0 saturated heterocycles. The van der Waals surface area contributed by atoms with Crippen molar-refractivity contribution in [2.24, 2.45) is 5.73 Å². The summed E-state index contributed by atoms with van der Waals surface area (Å²) in [7, 11) is -1.25. The van der Waals surface area contributed by atoms with Crippen LogP contribution in [0.5, 0.6) is 0 Å². The zero-order valence-electron chi connectivity index (χ0n) is 32.6. The molecule has 6 aromatic rings. The maximum Gasteiger partial charge on any atom is 0.314 e. The number of rotatable bonds is 14. The van der Waals surface area contributed by atoms with Gasteiger partial charge in [-0.05, 0) is 29.3 Å². The van der Waals surface area contributed by atoms with Crippen molar-refractivity contribution in [3.8, 4) is 0 Å². The van der Waals surface area contributed by atoms with Crippen molar-refractivity contribution >= 4 is 54.1 Å². The number of aromatic nitrogens is 7. The van der Waals surface area contributed by atoms with E-state index in [1.807, 2.05) is 60.7 Å². The standard InChI is InChI=1S/C26H32N8O3Si.C14H14N4O2/c1-38(2,3)13-12-37-18-34-23-20(14-31-34)24(27)30-15-21(23)32-25(35)26(36)33(16-19-8-5-4-6-9-19)17-22-28-10-7-11-29-22;15-13(19)14(20)18(9-11-5-2-1-3-6-11)10-12-16-7-4-8-17-12/h4-11,14-15H,12-13,16-18H2,1-3H3,(H2,27,30)(H,32,35);1-8H,9-10H2,(H2,15,19). The highest BCUT2D eigenvalue weighted by atomic mass is 28.3. The van der Waals surface area contributed by atoms with Crippen LogP contribution in [0.4, 0.5) is 11.5 Å². The Hall–Kier alpha value is -6.92. The van der Waals surface area contributed by atoms with Crippen molar-refractivity contribution in [3.63, 3.8) is 0 Å². The average Bonchev–Trinajstić information content (AvgIpc) is 3.66. The minimum absolute atomic E-state index is 0.0697. The van der Waals surface area contributed by atoms with Crippen molar-refractivity contribution < 1.29 is 23.9 Å². The first kappa shape index (κ1) is 42.2. The summed E-state index contributed by atoms with van der Waals surface area (Å²) in [6.07, 6.45) is 9.35. The summed E-state index contributed by atoms with van der Waals surface area (Å²) < 4.78 is 7.46. The van der Waals surface area contributed by atoms with Crippen LogP contribution < -0.4 is 16.8 Å². The van der Waals surface area contributed by atoms with E-state index in [4.69, 9.17) is 16.2 Å². The Kier molecular flexibility index (Phi) is 14.8. The van der Waals surface area contributed by atoms with Gasteiger partial charge >= 0.3 is 23.6 Å². The highest BCUT2D eigenvalue weighted by molar-refractivity contribution is 6.76. The van der Waals surface area contributed by atoms with Crippen LogP contribution in [0, 0.1) is 0 Å². The maximum atomic E-state index is 13.4. The number of primary amides is 1. The molecule has 6 rings (SSSR count). The molecule has 2 aromatic carbocycles. The summed E-state index contributed by atoms with van der Waals surface area (Å²) in [5, 5.41) is 7.63. The van der Waals surface area contributed by atoms with E-state index < -0.39 is 31.7 Å². The first-order valence-electron chi connectivity index (χ1n) is 18.3. The van der Waals surface area contributed by atoms with Crippen LogP contribution in [0.1, 0.15) is 22.8 Å². The van der Waals surface area contributed by atoms with Gasteiger partial charge in [-0.15, -0.1) is 0 Å². The number of fused-ring (bicyclic) bond motifs is 1. The number of amides is 4. The lowest BCUT2D eigenvalue weighted by atomic mass is 10.2. The fourth-order valence-corrected chi connectivity index (χ4v) is 6.24. The van der Waals surface area contributed by atoms with E-state index in [2.05, 4.69) is 55.0 Å². The number of carbonyl (C=O) groups is 4. The fourth-order valence-electron chi connectivity index (χ4n) is 5.49. The molecule has 17 nitrogen and oxygen atoms in total. The lowest BCUT2D eigenvalue weighted by Crippen LogP contribution is -2.39. The first-order valence-corrected chi connectivity index (χ1v) is 22.0. The number of nitrogens with one attached hydrogen (secondary N) is 1. The Labute approximate surface area is 336 Å². The van der Waals surface area contributed by atoms with Crippen LogP contribution in [-0.2, 0) is 56.8 Å². The molecule has 0 unspecified atom stereocenters. The molecule has 5 N–H and O–H groups in total. The number of nitrogen functional groups attached to an aromatic ring is 1. The van der Waals surface area contributed by atoms with Crippen molar-refractivity contribution in [2.75, 3.05) is 17.7 Å². The number of ether oxygens (including phenoxy) is 1. The van der Waals surface area contributed by atoms with E-state index in [9.17, 15) is 19.2 Å². The third-order valence-corrected chi connectivity index (χ3v) is 10.2. The molecule has 58 heavy (non-hydrogen) atoms. The fraction of sp³-hybridized carbons (Fsp3) is 0.250. The number of anilines is 2. The zero-order valence-corrected chi connectivity index (χ0v) is 33.6. The van der Waals surface area contributed by atoms with Crippen LogP contribution >= 0.6 is 0 Å². The van der Waals surface area contributed by atoms with Crippen molar-refractivity contribution in [3.05, 3.63) is 133 Å². The van der Waals surface area contributed by atoms with Gasteiger partial charge in [-0.1, -0.05) is 80.3 Å². The van der Waals surface area contributed by atoms with Gasteiger partial charge < -0.3 is 31.3 Å². The van der Waals surface area contributed by atoms with E-state index in [0.29, 0.717) is 34.8 Å². The van der Waals surface area contributed by atoms with E-state index in [0.717, 1.165) is 17.2 Å². The van der Waals surface area contributed by atoms with Crippen LogP contribution in [0.25, 0.3) is 10.9 Å². The van der Waals surface area contributed by atoms with Crippen LogP contribution in [0.3, 0.4) is 0 Å². The molecule has 0 bridgehead atoms. The molecule has 0 fully saturated rings. The third-order valence-electron chi connectivity index (χ3n) is 8.48. The lowest BCUT2D eigenvalue weighted by Gasteiger charge is -2.21. The second-order valence-electron chi connectivity index (χ2n) is 14.3. The van der Waals surface area contributed by atoms with Crippen molar-refractivity contribution in [1.29, 1.82) is 0 Å². The highest BCUT2D eigenvalue weighted by Gasteiger charge is 2.25. The number of benzene rings is 2. The molecule has 0 atom stereocenters. The molecular formula is C40H46N12O5Si. The molecule has 4 amide bonds. The normalized spacial score (nSPS) is 10.9. The Morgan fingerprint density at radius 3 is 1.72 bits per heavy atom. The number of carbonyl (C=O) groups excluding carboxylic acids is 4. The number of pyridine rings is 1. The topological polar surface area (TPSA) is 230 Å². The Morgan fingerprint density at radius 1 is 0.707 bits per heavy atom. The Morgan fingerprint density at radius 2 is 1.22 bits per heavy atom. The van der Waals surface area contributed by atoms with Gasteiger partial charge in [0.15, 0.2) is 0 Å². The van der Waals surface area contributed by atoms with Gasteiger partial charge in [0.1, 0.15) is 24.2 Å². The van der Waals surface area contributed by atoms with Crippen molar-refractivity contribution in [1.82, 2.24) is 44.5 Å². The predicted octanol–water partition coefficient (Wildman–Crippen LogP) is 3.77. The zero-order chi connectivity index (χ0) is 41.5. The monoisotopic (exact) mass is 802 g/mol. The predicted molar refractivity (Wildman–Crippen MR) is 219 cm³/mol. The molecule has 0 saturated carbocycles. The van der Waals surface area contributed by atoms with E-state index in [1.165, 1.54) is 16.0 Å². The van der Waals surface area contributed by atoms with Gasteiger partial charge in [-0.2, -0.15) is 5.10 Å². The number of nitrogens with two attached hydrogens (primary N) is 2. The number of nitrogens with zero attached hydrogens (tertiary/aromatic N) is 9. The number of hydrogen-bond donors (Lipinski definition) is 3. The summed E-state index contributed by atoms with van der Waals surface area (Å²) in [4.78, 5) is 72.9. The second kappa shape index (κ2) is 20.3. The van der Waals surface area contributed by atoms with Gasteiger partial charge in [0, 0.05) is 52.6 Å². The van der Waals surface area contributed by atoms with Gasteiger partial charge in [0.05, 0.1) is 42.1 Å². The average molecular weight is 803 g/mol. The quantitative estimate of drug-likeness (QED) is 0.0812. The summed E-state index contributed by atoms with van der Waals surface area (Å²) in [5.41, 5.74) is 13.8. The molecular weight excluding hydrogens is 757 g/mol. The van der Waals surface area contributed by atoms with Crippen LogP contribution in [0.2, 0.25) is 25.7 Å². The van der Waals surface area contributed by atoms with Gasteiger partial charge in [0.25, 0.3) is 0 Å². The molecule has 0 aliphatic carbocycles. The van der Waals surface area contributed by atoms with Gasteiger partial charge in [-0.25, -0.2) is 29.6 Å². The molecule has 4 heterocycles. The van der Waals surface area contributed by atoms with Gasteiger partial charge in [0.2, 0.25) is 0 Å². The summed E-state index contributed by atoms with van der Waals surface area (Å²) in [6, 6.07) is 23.1. The van der Waals surface area contributed by atoms with E-state index in [-0.39, 0.29) is 38.7 Å². The first-order chi connectivity index (χ1) is 27.9. The Balaban J connectivity index is 0.000000269. The van der Waals surface area contributed by atoms with Crippen molar-refractivity contribution in [2.45, 2.75) is 58.6 Å². The smallest absolute Gasteiger partial charge is 0.314 e. The molecule has 0 aliphatic rings. The summed E-state index contributed by atoms with van der Waals surface area (Å²) >= 11 is 0. The molecule has 0 aliphatic heterocycles. The molecule has 18 heteroatoms. The molecule has 0 spiro atoms. The molecule has 4 aromatic heterocycles. The summed E-state index contributed by atoms with van der Waals surface area (Å²) in [5.74, 6) is -2.14. The minimum atomic E-state index is -1.25. The highest BCUT2D eigenvalue weighted by Crippen LogP contribution is 2.27. The maximum absolute atomic E-state index is 13.4. The van der Waals surface area contributed by atoms with E-state index in [1.54, 1.807) is 47.8 Å². The van der Waals surface area contributed by atoms with Crippen LogP contribution in [0.15, 0.2) is 110 Å². The third kappa shape index (κ3) is 12.5. The number of hydrogen-bond acceptors (Lipinski definition) is 12. The Bertz CT molecular complexity index is 2190. The minimum Gasteiger partial charge on any atom is -0.383 e. The lowest BCUT2D eigenvalue weighted by molar-refractivity contribution is -0.145. The largest absolute Gasteiger partial charge is 0.383 e. The van der Waals surface area contributed by atoms with Gasteiger partial charge in [-0.3, -0.25) is 19.2 Å². The van der Waals surface area contributed by atoms with E-state index >= 15 is 0 Å². The summed E-state index contributed by atoms with van der Waals surface area (Å²) in [6.45, 7) is 8.32. The molecule has 300 valence electrons. The molecule has 0 radical (unpaired) electrons. The van der Waals surface area contributed by atoms with Crippen LogP contribution in [-0.4, -0.2) is 82.8 Å². The second-order valence-corrected chi connectivity index (χ2v) is 19.9.